The highest BCUT2D eigenvalue weighted by molar-refractivity contribution is 5.72. The number of rotatable bonds is 4. The molecule has 0 unspecified atom stereocenters. The van der Waals surface area contributed by atoms with Gasteiger partial charge in [-0.05, 0) is 12.1 Å². The Hall–Kier alpha value is -2.15. The Bertz CT molecular complexity index is 472. The van der Waals surface area contributed by atoms with Gasteiger partial charge in [0.2, 0.25) is 5.91 Å². The molecule has 18 heavy (non-hydrogen) atoms. The molecule has 0 aliphatic rings. The Labute approximate surface area is 107 Å². The van der Waals surface area contributed by atoms with Gasteiger partial charge in [-0.1, -0.05) is 11.8 Å². The van der Waals surface area contributed by atoms with E-state index in [2.05, 4.69) is 17.2 Å². The van der Waals surface area contributed by atoms with Crippen molar-refractivity contribution in [1.82, 2.24) is 5.32 Å². The molecule has 96 valence electrons. The largest absolute Gasteiger partial charge is 0.497 e. The third-order valence-electron chi connectivity index (χ3n) is 2.26. The second-order valence-electron chi connectivity index (χ2n) is 3.60. The smallest absolute Gasteiger partial charge is 0.216 e. The Morgan fingerprint density at radius 2 is 2.11 bits per heavy atom. The minimum absolute atomic E-state index is 0.0428. The number of carbonyl (C=O) groups excluding carboxylic acids is 1. The second-order valence-corrected chi connectivity index (χ2v) is 3.60. The molecule has 0 aromatic heterocycles. The van der Waals surface area contributed by atoms with Crippen molar-refractivity contribution in [2.75, 3.05) is 20.8 Å². The lowest BCUT2D eigenvalue weighted by atomic mass is 10.2. The monoisotopic (exact) mass is 247 g/mol. The Balaban J connectivity index is 2.66. The third kappa shape index (κ3) is 4.38. The van der Waals surface area contributed by atoms with Crippen LogP contribution < -0.4 is 14.8 Å². The molecule has 0 saturated heterocycles. The van der Waals surface area contributed by atoms with Gasteiger partial charge in [0.25, 0.3) is 0 Å². The molecule has 0 aliphatic heterocycles. The summed E-state index contributed by atoms with van der Waals surface area (Å²) in [6, 6.07) is 5.47. The Morgan fingerprint density at radius 3 is 2.72 bits per heavy atom. The normalized spacial score (nSPS) is 9.06. The summed E-state index contributed by atoms with van der Waals surface area (Å²) in [6.45, 7) is 2.04. The number of benzene rings is 1. The Kier molecular flexibility index (Phi) is 5.59. The maximum Gasteiger partial charge on any atom is 0.216 e. The van der Waals surface area contributed by atoms with Crippen molar-refractivity contribution in [3.05, 3.63) is 23.8 Å². The van der Waals surface area contributed by atoms with Crippen molar-refractivity contribution in [3.8, 4) is 23.3 Å². The molecule has 1 aromatic carbocycles. The summed E-state index contributed by atoms with van der Waals surface area (Å²) in [7, 11) is 3.20. The van der Waals surface area contributed by atoms with Crippen molar-refractivity contribution >= 4 is 5.91 Å². The molecule has 0 saturated carbocycles. The molecular formula is C14H17NO3. The summed E-state index contributed by atoms with van der Waals surface area (Å²) >= 11 is 0. The molecule has 4 nitrogen and oxygen atoms in total. The van der Waals surface area contributed by atoms with Crippen LogP contribution in [-0.4, -0.2) is 26.7 Å². The van der Waals surface area contributed by atoms with E-state index in [9.17, 15) is 4.79 Å². The standard InChI is InChI=1S/C14H17NO3/c1-11(16)15-9-5-4-6-12-7-8-13(17-2)10-14(12)18-3/h7-8,10H,5,9H2,1-3H3,(H,15,16). The fourth-order valence-electron chi connectivity index (χ4n) is 1.36. The zero-order chi connectivity index (χ0) is 13.4. The van der Waals surface area contributed by atoms with Crippen LogP contribution in [0.3, 0.4) is 0 Å². The number of hydrogen-bond acceptors (Lipinski definition) is 3. The first-order chi connectivity index (χ1) is 8.67. The average molecular weight is 247 g/mol. The van der Waals surface area contributed by atoms with Crippen LogP contribution in [0.4, 0.5) is 0 Å². The molecule has 0 heterocycles. The number of amides is 1. The fourth-order valence-corrected chi connectivity index (χ4v) is 1.36. The van der Waals surface area contributed by atoms with E-state index in [1.165, 1.54) is 6.92 Å². The number of methoxy groups -OCH3 is 2. The fraction of sp³-hybridized carbons (Fsp3) is 0.357. The molecule has 1 rings (SSSR count). The van der Waals surface area contributed by atoms with Gasteiger partial charge in [-0.15, -0.1) is 0 Å². The summed E-state index contributed by atoms with van der Waals surface area (Å²) < 4.78 is 10.3. The SMILES string of the molecule is COc1ccc(C#CCCNC(C)=O)c(OC)c1. The van der Waals surface area contributed by atoms with Gasteiger partial charge < -0.3 is 14.8 Å². The summed E-state index contributed by atoms with van der Waals surface area (Å²) in [5.74, 6) is 7.36. The predicted octanol–water partition coefficient (Wildman–Crippen LogP) is 1.58. The van der Waals surface area contributed by atoms with E-state index in [0.717, 1.165) is 11.3 Å². The molecule has 4 heteroatoms. The average Bonchev–Trinajstić information content (AvgIpc) is 2.38. The van der Waals surface area contributed by atoms with E-state index in [0.29, 0.717) is 18.7 Å². The molecule has 0 radical (unpaired) electrons. The van der Waals surface area contributed by atoms with Gasteiger partial charge in [0.05, 0.1) is 19.8 Å². The summed E-state index contributed by atoms with van der Waals surface area (Å²) in [6.07, 6.45) is 0.606. The van der Waals surface area contributed by atoms with Crippen molar-refractivity contribution in [3.63, 3.8) is 0 Å². The zero-order valence-electron chi connectivity index (χ0n) is 10.9. The lowest BCUT2D eigenvalue weighted by Gasteiger charge is -2.05. The van der Waals surface area contributed by atoms with Crippen LogP contribution in [-0.2, 0) is 4.79 Å². The second kappa shape index (κ2) is 7.23. The minimum Gasteiger partial charge on any atom is -0.497 e. The van der Waals surface area contributed by atoms with Gasteiger partial charge in [-0.25, -0.2) is 0 Å². The van der Waals surface area contributed by atoms with Crippen molar-refractivity contribution < 1.29 is 14.3 Å². The summed E-state index contributed by atoms with van der Waals surface area (Å²) in [5.41, 5.74) is 0.807. The first-order valence-corrected chi connectivity index (χ1v) is 5.62. The molecule has 1 aromatic rings. The van der Waals surface area contributed by atoms with Crippen LogP contribution in [0, 0.1) is 11.8 Å². The molecule has 0 fully saturated rings. The van der Waals surface area contributed by atoms with Gasteiger partial charge in [0.1, 0.15) is 11.5 Å². The van der Waals surface area contributed by atoms with E-state index in [1.807, 2.05) is 12.1 Å². The van der Waals surface area contributed by atoms with Crippen LogP contribution in [0.5, 0.6) is 11.5 Å². The molecule has 1 amide bonds. The van der Waals surface area contributed by atoms with Crippen molar-refractivity contribution in [2.45, 2.75) is 13.3 Å². The van der Waals surface area contributed by atoms with Gasteiger partial charge in [-0.2, -0.15) is 0 Å². The minimum atomic E-state index is -0.0428. The van der Waals surface area contributed by atoms with Crippen LogP contribution in [0.1, 0.15) is 18.9 Å². The summed E-state index contributed by atoms with van der Waals surface area (Å²) in [4.78, 5) is 10.7. The number of nitrogens with one attached hydrogen (secondary N) is 1. The van der Waals surface area contributed by atoms with E-state index in [4.69, 9.17) is 9.47 Å². The van der Waals surface area contributed by atoms with E-state index in [-0.39, 0.29) is 5.91 Å². The van der Waals surface area contributed by atoms with Gasteiger partial charge >= 0.3 is 0 Å². The maximum absolute atomic E-state index is 10.7. The van der Waals surface area contributed by atoms with E-state index < -0.39 is 0 Å². The summed E-state index contributed by atoms with van der Waals surface area (Å²) in [5, 5.41) is 2.69. The molecule has 0 atom stereocenters. The van der Waals surface area contributed by atoms with E-state index in [1.54, 1.807) is 20.3 Å². The van der Waals surface area contributed by atoms with E-state index >= 15 is 0 Å². The van der Waals surface area contributed by atoms with Crippen molar-refractivity contribution in [2.24, 2.45) is 0 Å². The lowest BCUT2D eigenvalue weighted by molar-refractivity contribution is -0.118. The molecule has 0 aliphatic carbocycles. The van der Waals surface area contributed by atoms with Crippen LogP contribution in [0.2, 0.25) is 0 Å². The predicted molar refractivity (Wildman–Crippen MR) is 69.7 cm³/mol. The highest BCUT2D eigenvalue weighted by atomic mass is 16.5. The lowest BCUT2D eigenvalue weighted by Crippen LogP contribution is -2.20. The quantitative estimate of drug-likeness (QED) is 0.649. The first-order valence-electron chi connectivity index (χ1n) is 5.62. The van der Waals surface area contributed by atoms with Crippen molar-refractivity contribution in [1.29, 1.82) is 0 Å². The highest BCUT2D eigenvalue weighted by Gasteiger charge is 2.01. The molecule has 0 bridgehead atoms. The molecular weight excluding hydrogens is 230 g/mol. The number of ether oxygens (including phenoxy) is 2. The maximum atomic E-state index is 10.7. The van der Waals surface area contributed by atoms with Crippen LogP contribution in [0.15, 0.2) is 18.2 Å². The third-order valence-corrected chi connectivity index (χ3v) is 2.26. The zero-order valence-corrected chi connectivity index (χ0v) is 10.9. The number of hydrogen-bond donors (Lipinski definition) is 1. The first kappa shape index (κ1) is 13.9. The topological polar surface area (TPSA) is 47.6 Å². The van der Waals surface area contributed by atoms with Crippen LogP contribution >= 0.6 is 0 Å². The Morgan fingerprint density at radius 1 is 1.33 bits per heavy atom. The molecule has 0 spiro atoms. The van der Waals surface area contributed by atoms with Gasteiger partial charge in [-0.3, -0.25) is 4.79 Å². The highest BCUT2D eigenvalue weighted by Crippen LogP contribution is 2.23. The molecule has 1 N–H and O–H groups in total. The van der Waals surface area contributed by atoms with Gasteiger partial charge in [0.15, 0.2) is 0 Å². The number of carbonyl (C=O) groups is 1. The van der Waals surface area contributed by atoms with Crippen LogP contribution in [0.25, 0.3) is 0 Å². The van der Waals surface area contributed by atoms with Gasteiger partial charge in [0, 0.05) is 26.0 Å².